The second-order valence-corrected chi connectivity index (χ2v) is 5.76. The minimum absolute atomic E-state index is 0.261. The summed E-state index contributed by atoms with van der Waals surface area (Å²) in [6, 6.07) is 12.3. The van der Waals surface area contributed by atoms with Crippen molar-refractivity contribution >= 4 is 35.0 Å². The van der Waals surface area contributed by atoms with Gasteiger partial charge in [-0.3, -0.25) is 0 Å². The number of hydroxylamine groups is 1. The zero-order valence-electron chi connectivity index (χ0n) is 13.6. The summed E-state index contributed by atoms with van der Waals surface area (Å²) in [5.41, 5.74) is 4.39. The summed E-state index contributed by atoms with van der Waals surface area (Å²) in [5, 5.41) is 5.06. The van der Waals surface area contributed by atoms with Crippen molar-refractivity contribution in [2.45, 2.75) is 13.5 Å². The summed E-state index contributed by atoms with van der Waals surface area (Å²) in [7, 11) is 1.23. The number of nitrogens with one attached hydrogen (secondary N) is 1. The number of hydrogen-bond donors (Lipinski definition) is 1. The fraction of sp³-hybridized carbons (Fsp3) is 0.176. The summed E-state index contributed by atoms with van der Waals surface area (Å²) >= 11 is 11.9. The SMILES string of the molecule is COC(=O)NOc1cc(/C(C)=N/OCc2ccc(Cl)cc2)ccc1Cl. The molecule has 0 aliphatic rings. The number of ether oxygens (including phenoxy) is 1. The van der Waals surface area contributed by atoms with E-state index in [0.29, 0.717) is 22.4 Å². The monoisotopic (exact) mass is 382 g/mol. The van der Waals surface area contributed by atoms with E-state index in [1.165, 1.54) is 7.11 Å². The third kappa shape index (κ3) is 5.85. The van der Waals surface area contributed by atoms with Crippen molar-refractivity contribution in [3.8, 4) is 5.75 Å². The van der Waals surface area contributed by atoms with E-state index in [-0.39, 0.29) is 5.75 Å². The second kappa shape index (κ2) is 9.15. The maximum absolute atomic E-state index is 11.1. The molecule has 25 heavy (non-hydrogen) atoms. The van der Waals surface area contributed by atoms with Crippen LogP contribution in [0.25, 0.3) is 0 Å². The number of carbonyl (C=O) groups excluding carboxylic acids is 1. The third-order valence-corrected chi connectivity index (χ3v) is 3.69. The van der Waals surface area contributed by atoms with Crippen molar-refractivity contribution in [3.63, 3.8) is 0 Å². The Morgan fingerprint density at radius 3 is 2.56 bits per heavy atom. The van der Waals surface area contributed by atoms with Gasteiger partial charge in [-0.2, -0.15) is 5.48 Å². The first-order valence-corrected chi connectivity index (χ1v) is 7.97. The summed E-state index contributed by atoms with van der Waals surface area (Å²) in [4.78, 5) is 21.5. The van der Waals surface area contributed by atoms with Crippen LogP contribution in [0, 0.1) is 0 Å². The Balaban J connectivity index is 2.01. The highest BCUT2D eigenvalue weighted by atomic mass is 35.5. The van der Waals surface area contributed by atoms with Crippen molar-refractivity contribution in [1.82, 2.24) is 5.48 Å². The number of hydrogen-bond acceptors (Lipinski definition) is 5. The van der Waals surface area contributed by atoms with Crippen LogP contribution in [0.1, 0.15) is 18.1 Å². The molecule has 2 aromatic rings. The highest BCUT2D eigenvalue weighted by Gasteiger charge is 2.08. The molecule has 0 radical (unpaired) electrons. The topological polar surface area (TPSA) is 69.2 Å². The molecule has 1 amide bonds. The summed E-state index contributed by atoms with van der Waals surface area (Å²) in [6.45, 7) is 2.10. The van der Waals surface area contributed by atoms with Gasteiger partial charge in [-0.25, -0.2) is 4.79 Å². The Kier molecular flexibility index (Phi) is 6.91. The van der Waals surface area contributed by atoms with E-state index in [2.05, 4.69) is 15.4 Å². The van der Waals surface area contributed by atoms with E-state index in [1.807, 2.05) is 12.1 Å². The molecule has 0 atom stereocenters. The predicted molar refractivity (Wildman–Crippen MR) is 96.1 cm³/mol. The van der Waals surface area contributed by atoms with E-state index < -0.39 is 6.09 Å². The van der Waals surface area contributed by atoms with Crippen LogP contribution < -0.4 is 10.3 Å². The molecule has 0 unspecified atom stereocenters. The molecule has 2 rings (SSSR count). The number of benzene rings is 2. The Morgan fingerprint density at radius 1 is 1.16 bits per heavy atom. The smallest absolute Gasteiger partial charge is 0.440 e. The van der Waals surface area contributed by atoms with E-state index >= 15 is 0 Å². The highest BCUT2D eigenvalue weighted by molar-refractivity contribution is 6.32. The van der Waals surface area contributed by atoms with Gasteiger partial charge in [-0.05, 0) is 36.8 Å². The maximum atomic E-state index is 11.1. The molecular formula is C17H16Cl2N2O4. The standard InChI is InChI=1S/C17H16Cl2N2O4/c1-11(20-24-10-12-3-6-14(18)7-4-12)13-5-8-15(19)16(9-13)25-21-17(22)23-2/h3-9H,10H2,1-2H3,(H,21,22)/b20-11+. The van der Waals surface area contributed by atoms with Gasteiger partial charge in [-0.15, -0.1) is 0 Å². The Bertz CT molecular complexity index is 764. The number of oxime groups is 1. The fourth-order valence-corrected chi connectivity index (χ4v) is 2.06. The van der Waals surface area contributed by atoms with Crippen LogP contribution >= 0.6 is 23.2 Å². The molecule has 0 fully saturated rings. The van der Waals surface area contributed by atoms with Gasteiger partial charge in [0.15, 0.2) is 5.75 Å². The number of carbonyl (C=O) groups is 1. The molecule has 0 heterocycles. The predicted octanol–water partition coefficient (Wildman–Crippen LogP) is 4.58. The summed E-state index contributed by atoms with van der Waals surface area (Å²) < 4.78 is 4.42. The molecule has 0 bridgehead atoms. The first-order valence-electron chi connectivity index (χ1n) is 7.21. The molecule has 2 aromatic carbocycles. The van der Waals surface area contributed by atoms with Crippen LogP contribution in [0.5, 0.6) is 5.75 Å². The van der Waals surface area contributed by atoms with E-state index in [9.17, 15) is 4.79 Å². The zero-order chi connectivity index (χ0) is 18.2. The van der Waals surface area contributed by atoms with Gasteiger partial charge in [0.25, 0.3) is 0 Å². The minimum Gasteiger partial charge on any atom is -0.451 e. The van der Waals surface area contributed by atoms with Gasteiger partial charge in [0.1, 0.15) is 6.61 Å². The molecular weight excluding hydrogens is 367 g/mol. The lowest BCUT2D eigenvalue weighted by Gasteiger charge is -2.09. The molecule has 0 saturated carbocycles. The number of methoxy groups -OCH3 is 1. The third-order valence-electron chi connectivity index (χ3n) is 3.12. The van der Waals surface area contributed by atoms with Gasteiger partial charge in [0, 0.05) is 10.6 Å². The molecule has 8 heteroatoms. The van der Waals surface area contributed by atoms with Gasteiger partial charge in [0.2, 0.25) is 0 Å². The molecule has 1 N–H and O–H groups in total. The van der Waals surface area contributed by atoms with Crippen molar-refractivity contribution < 1.29 is 19.2 Å². The van der Waals surface area contributed by atoms with E-state index in [4.69, 9.17) is 32.9 Å². The highest BCUT2D eigenvalue weighted by Crippen LogP contribution is 2.25. The molecule has 0 aliphatic carbocycles. The first-order chi connectivity index (χ1) is 12.0. The number of nitrogens with zero attached hydrogens (tertiary/aromatic N) is 1. The first kappa shape index (κ1) is 18.9. The lowest BCUT2D eigenvalue weighted by molar-refractivity contribution is 0.118. The normalized spacial score (nSPS) is 11.0. The molecule has 0 spiro atoms. The summed E-state index contributed by atoms with van der Waals surface area (Å²) in [6.07, 6.45) is -0.738. The maximum Gasteiger partial charge on any atom is 0.440 e. The van der Waals surface area contributed by atoms with Gasteiger partial charge < -0.3 is 14.4 Å². The molecule has 132 valence electrons. The van der Waals surface area contributed by atoms with E-state index in [1.54, 1.807) is 37.3 Å². The van der Waals surface area contributed by atoms with Crippen molar-refractivity contribution in [2.24, 2.45) is 5.16 Å². The number of rotatable bonds is 6. The number of halogens is 2. The summed E-state index contributed by atoms with van der Waals surface area (Å²) in [5.74, 6) is 0.261. The van der Waals surface area contributed by atoms with Gasteiger partial charge in [-0.1, -0.05) is 46.6 Å². The van der Waals surface area contributed by atoms with Gasteiger partial charge in [0.05, 0.1) is 17.8 Å². The molecule has 0 saturated heterocycles. The van der Waals surface area contributed by atoms with Crippen LogP contribution in [0.2, 0.25) is 10.0 Å². The van der Waals surface area contributed by atoms with Crippen LogP contribution in [0.4, 0.5) is 4.79 Å². The Labute approximate surface area is 155 Å². The zero-order valence-corrected chi connectivity index (χ0v) is 15.1. The van der Waals surface area contributed by atoms with Crippen molar-refractivity contribution in [1.29, 1.82) is 0 Å². The molecule has 0 aromatic heterocycles. The lowest BCUT2D eigenvalue weighted by atomic mass is 10.1. The molecule has 6 nitrogen and oxygen atoms in total. The van der Waals surface area contributed by atoms with Crippen molar-refractivity contribution in [2.75, 3.05) is 7.11 Å². The van der Waals surface area contributed by atoms with Gasteiger partial charge >= 0.3 is 6.09 Å². The fourth-order valence-electron chi connectivity index (χ4n) is 1.78. The quantitative estimate of drug-likeness (QED) is 0.586. The Morgan fingerprint density at radius 2 is 1.88 bits per heavy atom. The average Bonchev–Trinajstić information content (AvgIpc) is 2.62. The largest absolute Gasteiger partial charge is 0.451 e. The van der Waals surface area contributed by atoms with Crippen LogP contribution in [0.3, 0.4) is 0 Å². The number of amides is 1. The van der Waals surface area contributed by atoms with Crippen LogP contribution in [-0.4, -0.2) is 18.9 Å². The molecule has 0 aliphatic heterocycles. The van der Waals surface area contributed by atoms with Crippen molar-refractivity contribution in [3.05, 3.63) is 63.6 Å². The minimum atomic E-state index is -0.738. The van der Waals surface area contributed by atoms with E-state index in [0.717, 1.165) is 11.1 Å². The average molecular weight is 383 g/mol. The Hall–Kier alpha value is -2.44. The van der Waals surface area contributed by atoms with Crippen LogP contribution in [0.15, 0.2) is 47.6 Å². The lowest BCUT2D eigenvalue weighted by Crippen LogP contribution is -2.26. The second-order valence-electron chi connectivity index (χ2n) is 4.92. The van der Waals surface area contributed by atoms with Crippen LogP contribution in [-0.2, 0) is 16.2 Å².